The molecular weight excluding hydrogens is 288 g/mol. The van der Waals surface area contributed by atoms with E-state index in [-0.39, 0.29) is 30.5 Å². The minimum Gasteiger partial charge on any atom is -0.469 e. The molecule has 0 amide bonds. The molecule has 0 spiro atoms. The molecule has 1 aromatic rings. The Kier molecular flexibility index (Phi) is 5.30. The van der Waals surface area contributed by atoms with Crippen molar-refractivity contribution in [2.24, 2.45) is 5.92 Å². The summed E-state index contributed by atoms with van der Waals surface area (Å²) in [7, 11) is 2.63. The Hall–Kier alpha value is -2.18. The molecule has 0 saturated heterocycles. The first-order valence-electron chi connectivity index (χ1n) is 7.25. The number of Topliss-reactive ketones (excluding diaryl/α,β-unsaturated/α-hetero) is 1. The minimum absolute atomic E-state index is 0.0835. The lowest BCUT2D eigenvalue weighted by atomic mass is 9.84. The zero-order valence-electron chi connectivity index (χ0n) is 12.8. The Morgan fingerprint density at radius 2 is 2.00 bits per heavy atom. The maximum atomic E-state index is 12.0. The molecule has 0 bridgehead atoms. The van der Waals surface area contributed by atoms with E-state index in [1.165, 1.54) is 14.2 Å². The number of rotatable bonds is 6. The lowest BCUT2D eigenvalue weighted by Gasteiger charge is -2.19. The van der Waals surface area contributed by atoms with Gasteiger partial charge in [0.05, 0.1) is 32.9 Å². The number of carbonyl (C=O) groups excluding carboxylic acids is 3. The number of aryl methyl sites for hydroxylation is 2. The normalized spacial score (nSPS) is 16.7. The molecule has 0 radical (unpaired) electrons. The molecule has 1 heterocycles. The largest absolute Gasteiger partial charge is 0.469 e. The predicted octanol–water partition coefficient (Wildman–Crippen LogP) is 0.683. The minimum atomic E-state index is -0.496. The molecule has 7 heteroatoms. The molecule has 1 aliphatic carbocycles. The van der Waals surface area contributed by atoms with Crippen LogP contribution in [0.1, 0.15) is 30.5 Å². The second-order valence-corrected chi connectivity index (χ2v) is 5.35. The number of aromatic nitrogens is 2. The van der Waals surface area contributed by atoms with Crippen molar-refractivity contribution in [1.82, 2.24) is 9.78 Å². The molecule has 0 fully saturated rings. The first-order valence-corrected chi connectivity index (χ1v) is 7.25. The highest BCUT2D eigenvalue weighted by molar-refractivity contribution is 5.96. The Morgan fingerprint density at radius 1 is 1.27 bits per heavy atom. The van der Waals surface area contributed by atoms with Gasteiger partial charge in [0.1, 0.15) is 12.2 Å². The number of carbonyl (C=O) groups is 3. The zero-order chi connectivity index (χ0) is 16.1. The monoisotopic (exact) mass is 308 g/mol. The highest BCUT2D eigenvalue weighted by Gasteiger charge is 2.28. The number of ketones is 1. The van der Waals surface area contributed by atoms with E-state index in [0.717, 1.165) is 11.3 Å². The quantitative estimate of drug-likeness (QED) is 0.567. The number of ether oxygens (including phenoxy) is 2. The van der Waals surface area contributed by atoms with Crippen LogP contribution in [0.2, 0.25) is 0 Å². The summed E-state index contributed by atoms with van der Waals surface area (Å²) in [4.78, 5) is 34.4. The third-order valence-corrected chi connectivity index (χ3v) is 3.89. The van der Waals surface area contributed by atoms with Crippen molar-refractivity contribution in [3.05, 3.63) is 17.5 Å². The smallest absolute Gasteiger partial charge is 0.313 e. The third-order valence-electron chi connectivity index (χ3n) is 3.89. The van der Waals surface area contributed by atoms with Gasteiger partial charge in [0.25, 0.3) is 0 Å². The summed E-state index contributed by atoms with van der Waals surface area (Å²) in [5.74, 6) is -1.02. The summed E-state index contributed by atoms with van der Waals surface area (Å²) in [6.07, 6.45) is 3.95. The molecule has 120 valence electrons. The van der Waals surface area contributed by atoms with Gasteiger partial charge in [-0.25, -0.2) is 0 Å². The molecule has 0 aromatic carbocycles. The van der Waals surface area contributed by atoms with Gasteiger partial charge in [-0.2, -0.15) is 5.10 Å². The number of fused-ring (bicyclic) bond motifs is 1. The van der Waals surface area contributed by atoms with Crippen molar-refractivity contribution < 1.29 is 23.9 Å². The highest BCUT2D eigenvalue weighted by Crippen LogP contribution is 2.26. The van der Waals surface area contributed by atoms with Crippen LogP contribution in [0.25, 0.3) is 0 Å². The maximum absolute atomic E-state index is 12.0. The Balaban J connectivity index is 1.95. The van der Waals surface area contributed by atoms with E-state index < -0.39 is 5.97 Å². The van der Waals surface area contributed by atoms with Crippen LogP contribution in [-0.4, -0.2) is 41.7 Å². The van der Waals surface area contributed by atoms with Crippen molar-refractivity contribution in [2.45, 2.75) is 38.6 Å². The molecule has 1 atom stereocenters. The van der Waals surface area contributed by atoms with E-state index in [4.69, 9.17) is 0 Å². The summed E-state index contributed by atoms with van der Waals surface area (Å²) in [6.45, 7) is 0.459. The fourth-order valence-electron chi connectivity index (χ4n) is 2.62. The van der Waals surface area contributed by atoms with E-state index >= 15 is 0 Å². The topological polar surface area (TPSA) is 87.5 Å². The summed E-state index contributed by atoms with van der Waals surface area (Å²) < 4.78 is 10.8. The van der Waals surface area contributed by atoms with Crippen molar-refractivity contribution >= 4 is 17.7 Å². The van der Waals surface area contributed by atoms with Crippen molar-refractivity contribution in [2.75, 3.05) is 14.2 Å². The van der Waals surface area contributed by atoms with E-state index in [1.807, 2.05) is 6.20 Å². The predicted molar refractivity (Wildman–Crippen MR) is 76.0 cm³/mol. The molecular formula is C15H20N2O5. The van der Waals surface area contributed by atoms with Crippen LogP contribution in [0, 0.1) is 5.92 Å². The summed E-state index contributed by atoms with van der Waals surface area (Å²) in [5, 5.41) is 4.43. The second-order valence-electron chi connectivity index (χ2n) is 5.35. The van der Waals surface area contributed by atoms with Crippen LogP contribution in [0.3, 0.4) is 0 Å². The average molecular weight is 308 g/mol. The number of nitrogens with zero attached hydrogens (tertiary/aromatic N) is 2. The Morgan fingerprint density at radius 3 is 2.68 bits per heavy atom. The van der Waals surface area contributed by atoms with Crippen LogP contribution >= 0.6 is 0 Å². The van der Waals surface area contributed by atoms with E-state index in [1.54, 1.807) is 4.68 Å². The summed E-state index contributed by atoms with van der Waals surface area (Å²) in [5.41, 5.74) is 1.98. The van der Waals surface area contributed by atoms with Gasteiger partial charge in [-0.1, -0.05) is 0 Å². The van der Waals surface area contributed by atoms with Gasteiger partial charge in [0.15, 0.2) is 0 Å². The van der Waals surface area contributed by atoms with Gasteiger partial charge >= 0.3 is 11.9 Å². The summed E-state index contributed by atoms with van der Waals surface area (Å²) in [6, 6.07) is 0. The number of hydrogen-bond donors (Lipinski definition) is 0. The first-order chi connectivity index (χ1) is 10.5. The van der Waals surface area contributed by atoms with Gasteiger partial charge in [-0.05, 0) is 24.8 Å². The summed E-state index contributed by atoms with van der Waals surface area (Å²) >= 11 is 0. The van der Waals surface area contributed by atoms with E-state index in [9.17, 15) is 14.4 Å². The van der Waals surface area contributed by atoms with Crippen molar-refractivity contribution in [3.63, 3.8) is 0 Å². The van der Waals surface area contributed by atoms with Gasteiger partial charge in [0.2, 0.25) is 0 Å². The van der Waals surface area contributed by atoms with Crippen LogP contribution in [-0.2, 0) is 43.2 Å². The molecule has 0 saturated carbocycles. The lowest BCUT2D eigenvalue weighted by Crippen LogP contribution is -2.24. The molecule has 22 heavy (non-hydrogen) atoms. The molecule has 2 rings (SSSR count). The number of esters is 2. The number of methoxy groups -OCH3 is 2. The second kappa shape index (κ2) is 7.20. The maximum Gasteiger partial charge on any atom is 0.313 e. The van der Waals surface area contributed by atoms with E-state index in [2.05, 4.69) is 14.6 Å². The molecule has 1 aliphatic rings. The molecule has 1 unspecified atom stereocenters. The molecule has 0 aliphatic heterocycles. The Bertz CT molecular complexity index is 578. The highest BCUT2D eigenvalue weighted by atomic mass is 16.5. The van der Waals surface area contributed by atoms with E-state index in [0.29, 0.717) is 25.8 Å². The van der Waals surface area contributed by atoms with Crippen LogP contribution in [0.5, 0.6) is 0 Å². The number of hydrogen-bond acceptors (Lipinski definition) is 6. The first kappa shape index (κ1) is 16.2. The Labute approximate surface area is 128 Å². The standard InChI is InChI=1S/C15H20N2O5/c1-21-14(19)5-6-17-9-11-7-10(3-4-12(11)16-17)13(18)8-15(20)22-2/h9-10H,3-8H2,1-2H3. The van der Waals surface area contributed by atoms with Crippen molar-refractivity contribution in [3.8, 4) is 0 Å². The molecule has 1 aromatic heterocycles. The fraction of sp³-hybridized carbons (Fsp3) is 0.600. The fourth-order valence-corrected chi connectivity index (χ4v) is 2.62. The van der Waals surface area contributed by atoms with Gasteiger partial charge in [-0.3, -0.25) is 19.1 Å². The third kappa shape index (κ3) is 3.93. The van der Waals surface area contributed by atoms with Crippen LogP contribution in [0.4, 0.5) is 0 Å². The van der Waals surface area contributed by atoms with Crippen molar-refractivity contribution in [1.29, 1.82) is 0 Å². The average Bonchev–Trinajstić information content (AvgIpc) is 2.94. The lowest BCUT2D eigenvalue weighted by molar-refractivity contribution is -0.144. The van der Waals surface area contributed by atoms with Gasteiger partial charge < -0.3 is 9.47 Å². The van der Waals surface area contributed by atoms with Gasteiger partial charge in [0, 0.05) is 12.1 Å². The molecule has 0 N–H and O–H groups in total. The SMILES string of the molecule is COC(=O)CCn1cc2c(n1)CCC(C(=O)CC(=O)OC)C2. The molecule has 7 nitrogen and oxygen atoms in total. The van der Waals surface area contributed by atoms with Gasteiger partial charge in [-0.15, -0.1) is 0 Å². The zero-order valence-corrected chi connectivity index (χ0v) is 12.8. The van der Waals surface area contributed by atoms with Crippen LogP contribution in [0.15, 0.2) is 6.20 Å². The van der Waals surface area contributed by atoms with Crippen LogP contribution < -0.4 is 0 Å².